The number of piperazine rings is 1. The van der Waals surface area contributed by atoms with Crippen molar-refractivity contribution in [3.63, 3.8) is 0 Å². The number of carbonyl (C=O) groups excluding carboxylic acids is 1. The quantitative estimate of drug-likeness (QED) is 0.811. The smallest absolute Gasteiger partial charge is 0.259 e. The molecule has 6 nitrogen and oxygen atoms in total. The van der Waals surface area contributed by atoms with E-state index in [4.69, 9.17) is 0 Å². The molecule has 2 fully saturated rings. The lowest BCUT2D eigenvalue weighted by Gasteiger charge is -2.35. The van der Waals surface area contributed by atoms with Gasteiger partial charge in [0.05, 0.1) is 0 Å². The summed E-state index contributed by atoms with van der Waals surface area (Å²) in [6.45, 7) is 3.87. The molecule has 148 valence electrons. The Labute approximate surface area is 162 Å². The van der Waals surface area contributed by atoms with Crippen molar-refractivity contribution in [1.82, 2.24) is 15.1 Å². The number of rotatable bonds is 3. The van der Waals surface area contributed by atoms with Crippen LogP contribution in [-0.2, 0) is 0 Å². The molecule has 2 aromatic rings. The first-order valence-electron chi connectivity index (χ1n) is 9.70. The summed E-state index contributed by atoms with van der Waals surface area (Å²) < 4.78 is 27.7. The van der Waals surface area contributed by atoms with Crippen LogP contribution in [0.25, 0.3) is 0 Å². The Hall–Kier alpha value is -2.77. The van der Waals surface area contributed by atoms with Crippen molar-refractivity contribution in [3.8, 4) is 0 Å². The van der Waals surface area contributed by atoms with Crippen LogP contribution in [-0.4, -0.2) is 60.3 Å². The van der Waals surface area contributed by atoms with Gasteiger partial charge in [-0.2, -0.15) is 0 Å². The Balaban J connectivity index is 1.38. The van der Waals surface area contributed by atoms with Gasteiger partial charge in [-0.3, -0.25) is 4.79 Å². The Morgan fingerprint density at radius 3 is 1.82 bits per heavy atom. The molecule has 1 aromatic carbocycles. The van der Waals surface area contributed by atoms with Crippen LogP contribution >= 0.6 is 0 Å². The molecular formula is C20H23F2N5O. The minimum absolute atomic E-state index is 0.377. The maximum atomic E-state index is 13.9. The first-order valence-corrected chi connectivity index (χ1v) is 9.70. The minimum atomic E-state index is -0.827. The maximum Gasteiger partial charge on any atom is 0.259 e. The summed E-state index contributed by atoms with van der Waals surface area (Å²) in [6.07, 6.45) is 3.63. The van der Waals surface area contributed by atoms with Gasteiger partial charge in [0, 0.05) is 39.3 Å². The number of anilines is 2. The fraction of sp³-hybridized carbons (Fsp3) is 0.450. The zero-order valence-electron chi connectivity index (χ0n) is 15.7. The molecule has 0 N–H and O–H groups in total. The van der Waals surface area contributed by atoms with Crippen LogP contribution in [0.1, 0.15) is 29.6 Å². The van der Waals surface area contributed by atoms with E-state index in [1.54, 1.807) is 0 Å². The van der Waals surface area contributed by atoms with Crippen molar-refractivity contribution >= 4 is 17.5 Å². The van der Waals surface area contributed by atoms with Crippen molar-refractivity contribution in [2.24, 2.45) is 0 Å². The third-order valence-electron chi connectivity index (χ3n) is 5.38. The molecule has 0 atom stereocenters. The number of carbonyl (C=O) groups is 1. The maximum absolute atomic E-state index is 13.9. The van der Waals surface area contributed by atoms with E-state index in [9.17, 15) is 13.6 Å². The van der Waals surface area contributed by atoms with Crippen LogP contribution in [0, 0.1) is 11.6 Å². The van der Waals surface area contributed by atoms with E-state index in [0.29, 0.717) is 26.2 Å². The Bertz CT molecular complexity index is 811. The number of hydrogen-bond acceptors (Lipinski definition) is 5. The normalized spacial score (nSPS) is 17.7. The Kier molecular flexibility index (Phi) is 5.36. The van der Waals surface area contributed by atoms with Gasteiger partial charge in [-0.1, -0.05) is 6.07 Å². The van der Waals surface area contributed by atoms with Crippen LogP contribution in [0.4, 0.5) is 20.4 Å². The molecule has 2 aliphatic heterocycles. The molecule has 8 heteroatoms. The summed E-state index contributed by atoms with van der Waals surface area (Å²) >= 11 is 0. The third kappa shape index (κ3) is 3.76. The lowest BCUT2D eigenvalue weighted by atomic mass is 10.1. The van der Waals surface area contributed by atoms with Crippen LogP contribution < -0.4 is 9.80 Å². The summed E-state index contributed by atoms with van der Waals surface area (Å²) in [7, 11) is 0. The van der Waals surface area contributed by atoms with Crippen LogP contribution in [0.5, 0.6) is 0 Å². The number of nitrogens with zero attached hydrogens (tertiary/aromatic N) is 5. The molecule has 0 spiro atoms. The molecule has 1 aromatic heterocycles. The molecule has 0 radical (unpaired) electrons. The van der Waals surface area contributed by atoms with Crippen LogP contribution in [0.15, 0.2) is 30.3 Å². The second kappa shape index (κ2) is 8.08. The van der Waals surface area contributed by atoms with E-state index in [-0.39, 0.29) is 0 Å². The highest BCUT2D eigenvalue weighted by Gasteiger charge is 2.27. The SMILES string of the molecule is O=C(c1c(F)cccc1F)N1CCN(c2ccc(N3CCCCC3)nn2)CC1. The van der Waals surface area contributed by atoms with E-state index >= 15 is 0 Å². The first kappa shape index (κ1) is 18.6. The average molecular weight is 387 g/mol. The van der Waals surface area contributed by atoms with Crippen molar-refractivity contribution in [2.75, 3.05) is 49.1 Å². The third-order valence-corrected chi connectivity index (χ3v) is 5.38. The number of halogens is 2. The highest BCUT2D eigenvalue weighted by atomic mass is 19.1. The molecular weight excluding hydrogens is 364 g/mol. The largest absolute Gasteiger partial charge is 0.355 e. The van der Waals surface area contributed by atoms with Gasteiger partial charge in [0.25, 0.3) is 5.91 Å². The first-order chi connectivity index (χ1) is 13.6. The van der Waals surface area contributed by atoms with E-state index in [2.05, 4.69) is 15.1 Å². The van der Waals surface area contributed by atoms with Gasteiger partial charge in [0.2, 0.25) is 0 Å². The second-order valence-corrected chi connectivity index (χ2v) is 7.17. The zero-order valence-corrected chi connectivity index (χ0v) is 15.7. The fourth-order valence-electron chi connectivity index (χ4n) is 3.78. The van der Waals surface area contributed by atoms with Gasteiger partial charge in [-0.15, -0.1) is 10.2 Å². The highest BCUT2D eigenvalue weighted by Crippen LogP contribution is 2.21. The Morgan fingerprint density at radius 1 is 0.750 bits per heavy atom. The van der Waals surface area contributed by atoms with E-state index in [1.165, 1.54) is 30.2 Å². The highest BCUT2D eigenvalue weighted by molar-refractivity contribution is 5.95. The van der Waals surface area contributed by atoms with Gasteiger partial charge in [-0.25, -0.2) is 8.78 Å². The summed E-state index contributed by atoms with van der Waals surface area (Å²) in [6, 6.07) is 7.40. The van der Waals surface area contributed by atoms with Gasteiger partial charge in [0.15, 0.2) is 11.6 Å². The second-order valence-electron chi connectivity index (χ2n) is 7.17. The van der Waals surface area contributed by atoms with Gasteiger partial charge in [0.1, 0.15) is 17.2 Å². The van der Waals surface area contributed by atoms with Gasteiger partial charge >= 0.3 is 0 Å². The lowest BCUT2D eigenvalue weighted by molar-refractivity contribution is 0.0736. The fourth-order valence-corrected chi connectivity index (χ4v) is 3.78. The van der Waals surface area contributed by atoms with Gasteiger partial charge in [-0.05, 0) is 43.5 Å². The predicted molar refractivity (Wildman–Crippen MR) is 103 cm³/mol. The van der Waals surface area contributed by atoms with E-state index in [0.717, 1.165) is 36.9 Å². The number of amides is 1. The molecule has 4 rings (SSSR count). The van der Waals surface area contributed by atoms with Crippen molar-refractivity contribution in [2.45, 2.75) is 19.3 Å². The van der Waals surface area contributed by atoms with Gasteiger partial charge < -0.3 is 14.7 Å². The minimum Gasteiger partial charge on any atom is -0.355 e. The molecule has 0 unspecified atom stereocenters. The summed E-state index contributed by atoms with van der Waals surface area (Å²) in [5, 5.41) is 8.70. The predicted octanol–water partition coefficient (Wildman–Crippen LogP) is 2.71. The molecule has 3 heterocycles. The molecule has 0 bridgehead atoms. The van der Waals surface area contributed by atoms with Crippen molar-refractivity contribution < 1.29 is 13.6 Å². The molecule has 0 aliphatic carbocycles. The average Bonchev–Trinajstić information content (AvgIpc) is 2.74. The Morgan fingerprint density at radius 2 is 1.29 bits per heavy atom. The summed E-state index contributed by atoms with van der Waals surface area (Å²) in [4.78, 5) is 18.3. The van der Waals surface area contributed by atoms with E-state index < -0.39 is 23.1 Å². The number of benzene rings is 1. The lowest BCUT2D eigenvalue weighted by Crippen LogP contribution is -2.49. The number of hydrogen-bond donors (Lipinski definition) is 0. The number of piperidine rings is 1. The van der Waals surface area contributed by atoms with Crippen molar-refractivity contribution in [3.05, 3.63) is 47.5 Å². The molecule has 0 saturated carbocycles. The molecule has 2 aliphatic rings. The van der Waals surface area contributed by atoms with Crippen LogP contribution in [0.3, 0.4) is 0 Å². The molecule has 1 amide bonds. The van der Waals surface area contributed by atoms with E-state index in [1.807, 2.05) is 17.0 Å². The standard InChI is InChI=1S/C20H23F2N5O/c21-15-5-4-6-16(22)19(15)20(28)27-13-11-26(12-14-27)18-8-7-17(23-24-18)25-9-2-1-3-10-25/h4-8H,1-3,9-14H2. The molecule has 2 saturated heterocycles. The summed E-state index contributed by atoms with van der Waals surface area (Å²) in [5.41, 5.74) is -0.485. The molecule has 28 heavy (non-hydrogen) atoms. The van der Waals surface area contributed by atoms with Crippen molar-refractivity contribution in [1.29, 1.82) is 0 Å². The monoisotopic (exact) mass is 387 g/mol. The topological polar surface area (TPSA) is 52.6 Å². The summed E-state index contributed by atoms with van der Waals surface area (Å²) in [5.74, 6) is -0.614. The zero-order chi connectivity index (χ0) is 19.5. The number of aromatic nitrogens is 2. The van der Waals surface area contributed by atoms with Crippen LogP contribution in [0.2, 0.25) is 0 Å².